The summed E-state index contributed by atoms with van der Waals surface area (Å²) in [6.45, 7) is 2.43. The summed E-state index contributed by atoms with van der Waals surface area (Å²) in [6.07, 6.45) is 4.69. The molecule has 2 heterocycles. The van der Waals surface area contributed by atoms with Gasteiger partial charge in [-0.1, -0.05) is 12.1 Å². The van der Waals surface area contributed by atoms with Crippen LogP contribution in [0.25, 0.3) is 0 Å². The van der Waals surface area contributed by atoms with E-state index in [1.54, 1.807) is 16.2 Å². The van der Waals surface area contributed by atoms with Crippen LogP contribution in [-0.2, 0) is 22.4 Å². The van der Waals surface area contributed by atoms with Crippen LogP contribution in [-0.4, -0.2) is 23.3 Å². The molecule has 25 heavy (non-hydrogen) atoms. The summed E-state index contributed by atoms with van der Waals surface area (Å²) in [4.78, 5) is 32.5. The molecule has 1 fully saturated rings. The number of fused-ring (bicyclic) bond motifs is 1. The van der Waals surface area contributed by atoms with Crippen molar-refractivity contribution < 1.29 is 9.59 Å². The number of anilines is 2. The Balaban J connectivity index is 1.44. The highest BCUT2D eigenvalue weighted by Crippen LogP contribution is 2.31. The maximum absolute atomic E-state index is 12.6. The fraction of sp³-hybridized carbons (Fsp3) is 0.421. The van der Waals surface area contributed by atoms with Gasteiger partial charge < -0.3 is 10.2 Å². The predicted molar refractivity (Wildman–Crippen MR) is 99.0 cm³/mol. The quantitative estimate of drug-likeness (QED) is 0.919. The van der Waals surface area contributed by atoms with Crippen LogP contribution in [0, 0.1) is 12.8 Å². The Hall–Kier alpha value is -2.21. The highest BCUT2D eigenvalue weighted by atomic mass is 32.1. The minimum atomic E-state index is -0.325. The third-order valence-electron chi connectivity index (χ3n) is 4.88. The molecule has 130 valence electrons. The molecule has 1 aromatic heterocycles. The number of hydrogen-bond donors (Lipinski definition) is 1. The van der Waals surface area contributed by atoms with Crippen LogP contribution in [0.3, 0.4) is 0 Å². The molecule has 2 aromatic rings. The predicted octanol–water partition coefficient (Wildman–Crippen LogP) is 3.32. The Morgan fingerprint density at radius 3 is 2.96 bits per heavy atom. The fourth-order valence-corrected chi connectivity index (χ4v) is 4.59. The lowest BCUT2D eigenvalue weighted by Gasteiger charge is -2.17. The zero-order valence-electron chi connectivity index (χ0n) is 14.2. The summed E-state index contributed by atoms with van der Waals surface area (Å²) in [7, 11) is 0. The van der Waals surface area contributed by atoms with Crippen LogP contribution in [0.1, 0.15) is 35.4 Å². The first-order valence-electron chi connectivity index (χ1n) is 8.76. The number of benzene rings is 1. The first-order chi connectivity index (χ1) is 12.1. The minimum absolute atomic E-state index is 0.00387. The summed E-state index contributed by atoms with van der Waals surface area (Å²) in [6, 6.07) is 7.83. The number of carbonyl (C=O) groups excluding carboxylic acids is 2. The summed E-state index contributed by atoms with van der Waals surface area (Å²) in [5.74, 6) is -0.423. The molecule has 6 heteroatoms. The number of nitrogens with one attached hydrogen (secondary N) is 1. The number of nitrogens with zero attached hydrogens (tertiary/aromatic N) is 2. The van der Waals surface area contributed by atoms with E-state index in [-0.39, 0.29) is 24.2 Å². The fourth-order valence-electron chi connectivity index (χ4n) is 3.54. The smallest absolute Gasteiger partial charge is 0.231 e. The number of hydrogen-bond acceptors (Lipinski definition) is 4. The van der Waals surface area contributed by atoms with Crippen LogP contribution in [0.2, 0.25) is 0 Å². The number of carbonyl (C=O) groups is 2. The van der Waals surface area contributed by atoms with Gasteiger partial charge in [0, 0.05) is 23.5 Å². The third kappa shape index (κ3) is 3.31. The van der Waals surface area contributed by atoms with E-state index in [4.69, 9.17) is 0 Å². The molecule has 0 radical (unpaired) electrons. The molecule has 1 aliphatic heterocycles. The highest BCUT2D eigenvalue weighted by Gasteiger charge is 2.35. The van der Waals surface area contributed by atoms with Gasteiger partial charge in [0.1, 0.15) is 0 Å². The van der Waals surface area contributed by atoms with Crippen molar-refractivity contribution in [1.29, 1.82) is 0 Å². The molecule has 0 spiro atoms. The van der Waals surface area contributed by atoms with Crippen molar-refractivity contribution in [3.05, 3.63) is 40.4 Å². The van der Waals surface area contributed by atoms with E-state index in [0.717, 1.165) is 29.8 Å². The standard InChI is InChI=1S/C19H21N3O2S/c1-12-5-4-6-14(9-12)22-11-13(10-17(22)23)18(24)21-19-20-15-7-2-3-8-16(15)25-19/h4-6,9,13H,2-3,7-8,10-11H2,1H3,(H,20,21,24). The number of aryl methyl sites for hydroxylation is 3. The summed E-state index contributed by atoms with van der Waals surface area (Å²) in [5, 5.41) is 3.61. The van der Waals surface area contributed by atoms with E-state index >= 15 is 0 Å². The Bertz CT molecular complexity index is 806. The van der Waals surface area contributed by atoms with Crippen molar-refractivity contribution in [3.63, 3.8) is 0 Å². The van der Waals surface area contributed by atoms with E-state index < -0.39 is 0 Å². The van der Waals surface area contributed by atoms with Crippen LogP contribution in [0.4, 0.5) is 10.8 Å². The van der Waals surface area contributed by atoms with Crippen molar-refractivity contribution >= 4 is 34.0 Å². The minimum Gasteiger partial charge on any atom is -0.312 e. The van der Waals surface area contributed by atoms with Crippen molar-refractivity contribution in [2.45, 2.75) is 39.0 Å². The number of thiazole rings is 1. The molecule has 1 aliphatic carbocycles. The van der Waals surface area contributed by atoms with Crippen LogP contribution < -0.4 is 10.2 Å². The van der Waals surface area contributed by atoms with E-state index in [1.165, 1.54) is 17.7 Å². The molecule has 1 atom stereocenters. The van der Waals surface area contributed by atoms with Gasteiger partial charge in [-0.15, -0.1) is 11.3 Å². The van der Waals surface area contributed by atoms with Gasteiger partial charge in [0.15, 0.2) is 5.13 Å². The first-order valence-corrected chi connectivity index (χ1v) is 9.58. The molecule has 1 unspecified atom stereocenters. The third-order valence-corrected chi connectivity index (χ3v) is 5.96. The van der Waals surface area contributed by atoms with Crippen LogP contribution in [0.5, 0.6) is 0 Å². The molecule has 5 nitrogen and oxygen atoms in total. The second-order valence-corrected chi connectivity index (χ2v) is 7.91. The molecule has 0 saturated carbocycles. The Labute approximate surface area is 151 Å². The lowest BCUT2D eigenvalue weighted by atomic mass is 10.0. The summed E-state index contributed by atoms with van der Waals surface area (Å²) < 4.78 is 0. The largest absolute Gasteiger partial charge is 0.312 e. The Kier molecular flexibility index (Phi) is 4.29. The van der Waals surface area contributed by atoms with Crippen LogP contribution >= 0.6 is 11.3 Å². The van der Waals surface area contributed by atoms with Gasteiger partial charge in [-0.25, -0.2) is 4.98 Å². The van der Waals surface area contributed by atoms with Gasteiger partial charge in [0.05, 0.1) is 11.6 Å². The summed E-state index contributed by atoms with van der Waals surface area (Å²) >= 11 is 1.58. The molecule has 4 rings (SSSR count). The van der Waals surface area contributed by atoms with E-state index in [9.17, 15) is 9.59 Å². The molecular weight excluding hydrogens is 334 g/mol. The van der Waals surface area contributed by atoms with Gasteiger partial charge >= 0.3 is 0 Å². The van der Waals surface area contributed by atoms with Gasteiger partial charge in [-0.3, -0.25) is 9.59 Å². The molecular formula is C19H21N3O2S. The monoisotopic (exact) mass is 355 g/mol. The summed E-state index contributed by atoms with van der Waals surface area (Å²) in [5.41, 5.74) is 3.10. The molecule has 1 saturated heterocycles. The maximum atomic E-state index is 12.6. The number of rotatable bonds is 3. The average Bonchev–Trinajstić information content (AvgIpc) is 3.17. The van der Waals surface area contributed by atoms with Crippen LogP contribution in [0.15, 0.2) is 24.3 Å². The Morgan fingerprint density at radius 1 is 1.32 bits per heavy atom. The van der Waals surface area contributed by atoms with Crippen molar-refractivity contribution in [3.8, 4) is 0 Å². The molecule has 2 amide bonds. The van der Waals surface area contributed by atoms with Crippen molar-refractivity contribution in [1.82, 2.24) is 4.98 Å². The topological polar surface area (TPSA) is 62.3 Å². The second kappa shape index (κ2) is 6.59. The lowest BCUT2D eigenvalue weighted by Crippen LogP contribution is -2.28. The SMILES string of the molecule is Cc1cccc(N2CC(C(=O)Nc3nc4c(s3)CCCC4)CC2=O)c1. The average molecular weight is 355 g/mol. The van der Waals surface area contributed by atoms with Crippen molar-refractivity contribution in [2.75, 3.05) is 16.8 Å². The van der Waals surface area contributed by atoms with E-state index in [1.807, 2.05) is 31.2 Å². The van der Waals surface area contributed by atoms with E-state index in [0.29, 0.717) is 11.7 Å². The maximum Gasteiger partial charge on any atom is 0.231 e. The highest BCUT2D eigenvalue weighted by molar-refractivity contribution is 7.15. The van der Waals surface area contributed by atoms with Crippen molar-refractivity contribution in [2.24, 2.45) is 5.92 Å². The number of amides is 2. The molecule has 1 aromatic carbocycles. The zero-order chi connectivity index (χ0) is 17.4. The first kappa shape index (κ1) is 16.3. The van der Waals surface area contributed by atoms with Gasteiger partial charge in [0.25, 0.3) is 0 Å². The molecule has 0 bridgehead atoms. The second-order valence-electron chi connectivity index (χ2n) is 6.83. The van der Waals surface area contributed by atoms with E-state index in [2.05, 4.69) is 10.3 Å². The van der Waals surface area contributed by atoms with Gasteiger partial charge in [-0.05, 0) is 50.3 Å². The lowest BCUT2D eigenvalue weighted by molar-refractivity contribution is -0.122. The zero-order valence-corrected chi connectivity index (χ0v) is 15.1. The van der Waals surface area contributed by atoms with Gasteiger partial charge in [0.2, 0.25) is 11.8 Å². The Morgan fingerprint density at radius 2 is 2.16 bits per heavy atom. The molecule has 2 aliphatic rings. The number of aromatic nitrogens is 1. The normalized spacial score (nSPS) is 19.8. The van der Waals surface area contributed by atoms with Gasteiger partial charge in [-0.2, -0.15) is 0 Å². The molecule has 1 N–H and O–H groups in total.